The van der Waals surface area contributed by atoms with Crippen molar-refractivity contribution in [1.29, 1.82) is 0 Å². The third-order valence-corrected chi connectivity index (χ3v) is 4.78. The Hall–Kier alpha value is -1.84. The summed E-state index contributed by atoms with van der Waals surface area (Å²) >= 11 is 0. The standard InChI is InChI=1S/C18H25NO3/c1-17(2,14-8-4-3-5-9-14)13-10-15(20)19-18(16(21)22)11-6-7-12-18/h3-5,8-9H,6-7,10-13H2,1-2H3,(H,19,20)(H,21,22). The van der Waals surface area contributed by atoms with Crippen LogP contribution in [0, 0.1) is 0 Å². The number of carboxylic acids is 1. The van der Waals surface area contributed by atoms with Gasteiger partial charge in [-0.1, -0.05) is 57.0 Å². The van der Waals surface area contributed by atoms with Crippen LogP contribution in [0.2, 0.25) is 0 Å². The van der Waals surface area contributed by atoms with Crippen molar-refractivity contribution in [1.82, 2.24) is 5.32 Å². The molecule has 1 aromatic rings. The summed E-state index contributed by atoms with van der Waals surface area (Å²) in [5.41, 5.74) is 0.0511. The van der Waals surface area contributed by atoms with E-state index < -0.39 is 11.5 Å². The highest BCUT2D eigenvalue weighted by Gasteiger charge is 2.42. The average Bonchev–Trinajstić information content (AvgIpc) is 2.96. The van der Waals surface area contributed by atoms with E-state index in [0.717, 1.165) is 12.8 Å². The molecular formula is C18H25NO3. The van der Waals surface area contributed by atoms with E-state index in [2.05, 4.69) is 31.3 Å². The Kier molecular flexibility index (Phi) is 4.89. The molecule has 4 heteroatoms. The predicted octanol–water partition coefficient (Wildman–Crippen LogP) is 3.26. The molecule has 0 radical (unpaired) electrons. The summed E-state index contributed by atoms with van der Waals surface area (Å²) in [6, 6.07) is 10.1. The maximum absolute atomic E-state index is 12.2. The van der Waals surface area contributed by atoms with Crippen LogP contribution in [0.15, 0.2) is 30.3 Å². The van der Waals surface area contributed by atoms with E-state index in [-0.39, 0.29) is 11.3 Å². The van der Waals surface area contributed by atoms with Crippen molar-refractivity contribution in [3.8, 4) is 0 Å². The lowest BCUT2D eigenvalue weighted by atomic mass is 9.80. The average molecular weight is 303 g/mol. The highest BCUT2D eigenvalue weighted by Crippen LogP contribution is 2.31. The molecule has 0 saturated heterocycles. The van der Waals surface area contributed by atoms with Crippen LogP contribution in [0.1, 0.15) is 57.9 Å². The minimum Gasteiger partial charge on any atom is -0.480 e. The van der Waals surface area contributed by atoms with Crippen LogP contribution < -0.4 is 5.32 Å². The maximum Gasteiger partial charge on any atom is 0.329 e. The van der Waals surface area contributed by atoms with Gasteiger partial charge in [-0.2, -0.15) is 0 Å². The molecule has 0 aromatic heterocycles. The Morgan fingerprint density at radius 2 is 1.77 bits per heavy atom. The molecule has 1 amide bonds. The molecule has 2 N–H and O–H groups in total. The van der Waals surface area contributed by atoms with Crippen LogP contribution in [-0.4, -0.2) is 22.5 Å². The lowest BCUT2D eigenvalue weighted by Crippen LogP contribution is -2.52. The Bertz CT molecular complexity index is 531. The third kappa shape index (κ3) is 3.67. The van der Waals surface area contributed by atoms with Crippen molar-refractivity contribution >= 4 is 11.9 Å². The van der Waals surface area contributed by atoms with Crippen LogP contribution >= 0.6 is 0 Å². The predicted molar refractivity (Wildman–Crippen MR) is 85.7 cm³/mol. The Balaban J connectivity index is 1.94. The van der Waals surface area contributed by atoms with Gasteiger partial charge in [0, 0.05) is 6.42 Å². The summed E-state index contributed by atoms with van der Waals surface area (Å²) in [6.45, 7) is 4.22. The molecule has 1 saturated carbocycles. The van der Waals surface area contributed by atoms with E-state index in [0.29, 0.717) is 25.7 Å². The lowest BCUT2D eigenvalue weighted by Gasteiger charge is -2.28. The Labute approximate surface area is 131 Å². The summed E-state index contributed by atoms with van der Waals surface area (Å²) in [7, 11) is 0. The molecule has 120 valence electrons. The summed E-state index contributed by atoms with van der Waals surface area (Å²) < 4.78 is 0. The zero-order valence-corrected chi connectivity index (χ0v) is 13.4. The van der Waals surface area contributed by atoms with E-state index in [1.165, 1.54) is 5.56 Å². The minimum atomic E-state index is -1.03. The molecule has 1 aliphatic carbocycles. The molecule has 1 aromatic carbocycles. The topological polar surface area (TPSA) is 66.4 Å². The molecule has 0 unspecified atom stereocenters. The fraction of sp³-hybridized carbons (Fsp3) is 0.556. The quantitative estimate of drug-likeness (QED) is 0.847. The number of hydrogen-bond acceptors (Lipinski definition) is 2. The zero-order chi connectivity index (χ0) is 16.2. The second-order valence-corrected chi connectivity index (χ2v) is 6.89. The van der Waals surface area contributed by atoms with Crippen LogP contribution in [0.4, 0.5) is 0 Å². The van der Waals surface area contributed by atoms with Gasteiger partial charge in [-0.3, -0.25) is 4.79 Å². The first kappa shape index (κ1) is 16.5. The van der Waals surface area contributed by atoms with Gasteiger partial charge in [0.2, 0.25) is 5.91 Å². The lowest BCUT2D eigenvalue weighted by molar-refractivity contribution is -0.147. The number of carbonyl (C=O) groups is 2. The van der Waals surface area contributed by atoms with Gasteiger partial charge in [0.1, 0.15) is 5.54 Å². The molecule has 4 nitrogen and oxygen atoms in total. The maximum atomic E-state index is 12.2. The largest absolute Gasteiger partial charge is 0.480 e. The minimum absolute atomic E-state index is 0.106. The number of nitrogens with one attached hydrogen (secondary N) is 1. The second kappa shape index (κ2) is 6.51. The Morgan fingerprint density at radius 1 is 1.18 bits per heavy atom. The van der Waals surface area contributed by atoms with Gasteiger partial charge in [-0.15, -0.1) is 0 Å². The van der Waals surface area contributed by atoms with Gasteiger partial charge in [0.25, 0.3) is 0 Å². The number of carbonyl (C=O) groups excluding carboxylic acids is 1. The van der Waals surface area contributed by atoms with E-state index in [9.17, 15) is 14.7 Å². The molecule has 0 aliphatic heterocycles. The van der Waals surface area contributed by atoms with E-state index in [1.807, 2.05) is 18.2 Å². The molecule has 1 fully saturated rings. The van der Waals surface area contributed by atoms with Crippen molar-refractivity contribution in [3.63, 3.8) is 0 Å². The monoisotopic (exact) mass is 303 g/mol. The first-order chi connectivity index (χ1) is 10.4. The highest BCUT2D eigenvalue weighted by molar-refractivity contribution is 5.87. The van der Waals surface area contributed by atoms with Gasteiger partial charge in [-0.25, -0.2) is 4.79 Å². The van der Waals surface area contributed by atoms with Crippen LogP contribution in [0.25, 0.3) is 0 Å². The first-order valence-corrected chi connectivity index (χ1v) is 7.96. The molecule has 1 aliphatic rings. The number of hydrogen-bond donors (Lipinski definition) is 2. The van der Waals surface area contributed by atoms with Gasteiger partial charge in [-0.05, 0) is 30.2 Å². The smallest absolute Gasteiger partial charge is 0.329 e. The molecule has 0 spiro atoms. The zero-order valence-electron chi connectivity index (χ0n) is 13.4. The number of carboxylic acid groups (broad SMARTS) is 1. The second-order valence-electron chi connectivity index (χ2n) is 6.89. The summed E-state index contributed by atoms with van der Waals surface area (Å²) in [5, 5.41) is 12.2. The van der Waals surface area contributed by atoms with Crippen molar-refractivity contribution in [2.45, 2.75) is 63.3 Å². The van der Waals surface area contributed by atoms with Gasteiger partial charge in [0.15, 0.2) is 0 Å². The Morgan fingerprint density at radius 3 is 2.32 bits per heavy atom. The fourth-order valence-corrected chi connectivity index (χ4v) is 3.16. The summed E-state index contributed by atoms with van der Waals surface area (Å²) in [5.74, 6) is -1.06. The normalized spacial score (nSPS) is 17.2. The van der Waals surface area contributed by atoms with Gasteiger partial charge >= 0.3 is 5.97 Å². The highest BCUT2D eigenvalue weighted by atomic mass is 16.4. The van der Waals surface area contributed by atoms with E-state index >= 15 is 0 Å². The number of rotatable bonds is 6. The van der Waals surface area contributed by atoms with E-state index in [4.69, 9.17) is 0 Å². The molecule has 22 heavy (non-hydrogen) atoms. The third-order valence-electron chi connectivity index (χ3n) is 4.78. The molecule has 0 heterocycles. The van der Waals surface area contributed by atoms with Crippen molar-refractivity contribution in [2.75, 3.05) is 0 Å². The summed E-state index contributed by atoms with van der Waals surface area (Å²) in [6.07, 6.45) is 3.84. The van der Waals surface area contributed by atoms with Crippen molar-refractivity contribution in [3.05, 3.63) is 35.9 Å². The molecule has 2 rings (SSSR count). The van der Waals surface area contributed by atoms with Gasteiger partial charge in [0.05, 0.1) is 0 Å². The fourth-order valence-electron chi connectivity index (χ4n) is 3.16. The van der Waals surface area contributed by atoms with Crippen LogP contribution in [-0.2, 0) is 15.0 Å². The van der Waals surface area contributed by atoms with Crippen molar-refractivity contribution in [2.24, 2.45) is 0 Å². The van der Waals surface area contributed by atoms with Crippen LogP contribution in [0.3, 0.4) is 0 Å². The number of amides is 1. The molecular weight excluding hydrogens is 278 g/mol. The number of aliphatic carboxylic acids is 1. The molecule has 0 atom stereocenters. The van der Waals surface area contributed by atoms with E-state index in [1.54, 1.807) is 0 Å². The first-order valence-electron chi connectivity index (χ1n) is 7.96. The summed E-state index contributed by atoms with van der Waals surface area (Å²) in [4.78, 5) is 23.7. The SMILES string of the molecule is CC(C)(CCC(=O)NC1(C(=O)O)CCCC1)c1ccccc1. The molecule has 0 bridgehead atoms. The van der Waals surface area contributed by atoms with Gasteiger partial charge < -0.3 is 10.4 Å². The van der Waals surface area contributed by atoms with Crippen molar-refractivity contribution < 1.29 is 14.7 Å². The van der Waals surface area contributed by atoms with Crippen LogP contribution in [0.5, 0.6) is 0 Å². The number of benzene rings is 1.